The highest BCUT2D eigenvalue weighted by molar-refractivity contribution is 5.74. The van der Waals surface area contributed by atoms with Crippen LogP contribution >= 0.6 is 0 Å². The summed E-state index contributed by atoms with van der Waals surface area (Å²) in [6.07, 6.45) is -0.382. The number of para-hydroxylation sites is 1. The van der Waals surface area contributed by atoms with Crippen LogP contribution in [0.4, 0.5) is 5.69 Å². The van der Waals surface area contributed by atoms with Crippen molar-refractivity contribution in [1.29, 1.82) is 0 Å². The van der Waals surface area contributed by atoms with Crippen LogP contribution in [0.3, 0.4) is 0 Å². The molecule has 21 heavy (non-hydrogen) atoms. The average Bonchev–Trinajstić information content (AvgIpc) is 2.86. The highest BCUT2D eigenvalue weighted by Crippen LogP contribution is 2.42. The Kier molecular flexibility index (Phi) is 3.62. The number of carboxylic acid groups (broad SMARTS) is 1. The number of nitrogens with zero attached hydrogens (tertiary/aromatic N) is 1. The molecule has 3 atom stereocenters. The molecule has 1 heterocycles. The van der Waals surface area contributed by atoms with Gasteiger partial charge in [-0.3, -0.25) is 9.63 Å². The number of hydrogen-bond acceptors (Lipinski definition) is 3. The zero-order valence-corrected chi connectivity index (χ0v) is 11.7. The molecule has 1 aliphatic rings. The first kappa shape index (κ1) is 13.6. The first-order valence-corrected chi connectivity index (χ1v) is 6.97. The molecule has 0 unspecified atom stereocenters. The maximum Gasteiger partial charge on any atom is 0.311 e. The number of benzene rings is 2. The molecule has 0 radical (unpaired) electrons. The molecule has 108 valence electrons. The SMILES string of the molecule is C[C@@H]1ON(c2ccccc2)[C@H](c2ccccc2)[C@H]1C(=O)O. The van der Waals surface area contributed by atoms with Crippen LogP contribution in [-0.4, -0.2) is 17.2 Å². The Morgan fingerprint density at radius 1 is 1.05 bits per heavy atom. The highest BCUT2D eigenvalue weighted by atomic mass is 16.7. The number of hydroxylamine groups is 1. The Labute approximate surface area is 123 Å². The Balaban J connectivity index is 2.05. The van der Waals surface area contributed by atoms with Crippen molar-refractivity contribution in [2.75, 3.05) is 5.06 Å². The van der Waals surface area contributed by atoms with Crippen molar-refractivity contribution in [3.05, 3.63) is 66.2 Å². The summed E-state index contributed by atoms with van der Waals surface area (Å²) in [5, 5.41) is 11.3. The number of carbonyl (C=O) groups is 1. The van der Waals surface area contributed by atoms with Crippen LogP contribution in [-0.2, 0) is 9.63 Å². The summed E-state index contributed by atoms with van der Waals surface area (Å²) >= 11 is 0. The lowest BCUT2D eigenvalue weighted by Gasteiger charge is -2.26. The van der Waals surface area contributed by atoms with Crippen molar-refractivity contribution in [3.63, 3.8) is 0 Å². The van der Waals surface area contributed by atoms with Crippen molar-refractivity contribution < 1.29 is 14.7 Å². The third kappa shape index (κ3) is 2.50. The number of carboxylic acids is 1. The van der Waals surface area contributed by atoms with Crippen LogP contribution in [0.25, 0.3) is 0 Å². The van der Waals surface area contributed by atoms with E-state index in [0.29, 0.717) is 0 Å². The van der Waals surface area contributed by atoms with Gasteiger partial charge in [0.1, 0.15) is 5.92 Å². The topological polar surface area (TPSA) is 49.8 Å². The summed E-state index contributed by atoms with van der Waals surface area (Å²) in [6, 6.07) is 18.9. The van der Waals surface area contributed by atoms with Gasteiger partial charge < -0.3 is 5.11 Å². The van der Waals surface area contributed by atoms with Gasteiger partial charge in [0.05, 0.1) is 17.8 Å². The van der Waals surface area contributed by atoms with E-state index in [1.165, 1.54) is 0 Å². The van der Waals surface area contributed by atoms with Crippen LogP contribution in [0.1, 0.15) is 18.5 Å². The summed E-state index contributed by atoms with van der Waals surface area (Å²) in [5.74, 6) is -1.44. The molecule has 1 saturated heterocycles. The summed E-state index contributed by atoms with van der Waals surface area (Å²) in [4.78, 5) is 17.5. The van der Waals surface area contributed by atoms with Crippen molar-refractivity contribution in [2.45, 2.75) is 19.1 Å². The van der Waals surface area contributed by atoms with Gasteiger partial charge in [0.2, 0.25) is 0 Å². The van der Waals surface area contributed by atoms with Gasteiger partial charge >= 0.3 is 5.97 Å². The zero-order chi connectivity index (χ0) is 14.8. The molecule has 0 saturated carbocycles. The van der Waals surface area contributed by atoms with Gasteiger partial charge in [-0.2, -0.15) is 0 Å². The van der Waals surface area contributed by atoms with E-state index in [9.17, 15) is 9.90 Å². The fourth-order valence-electron chi connectivity index (χ4n) is 2.84. The first-order valence-electron chi connectivity index (χ1n) is 6.97. The molecule has 0 bridgehead atoms. The molecule has 1 N–H and O–H groups in total. The monoisotopic (exact) mass is 283 g/mol. The number of hydrogen-bond donors (Lipinski definition) is 1. The summed E-state index contributed by atoms with van der Waals surface area (Å²) in [6.45, 7) is 1.80. The quantitative estimate of drug-likeness (QED) is 0.939. The number of anilines is 1. The van der Waals surface area contributed by atoms with Crippen LogP contribution in [0.5, 0.6) is 0 Å². The third-order valence-corrected chi connectivity index (χ3v) is 3.82. The van der Waals surface area contributed by atoms with E-state index in [0.717, 1.165) is 11.3 Å². The molecule has 4 heteroatoms. The minimum atomic E-state index is -0.838. The molecule has 0 amide bonds. The van der Waals surface area contributed by atoms with E-state index < -0.39 is 11.9 Å². The molecular formula is C17H17NO3. The first-order chi connectivity index (χ1) is 10.2. The Morgan fingerprint density at radius 2 is 1.62 bits per heavy atom. The van der Waals surface area contributed by atoms with Gasteiger partial charge in [0, 0.05) is 0 Å². The van der Waals surface area contributed by atoms with Gasteiger partial charge in [-0.05, 0) is 24.6 Å². The zero-order valence-electron chi connectivity index (χ0n) is 11.7. The van der Waals surface area contributed by atoms with Crippen LogP contribution in [0.2, 0.25) is 0 Å². The van der Waals surface area contributed by atoms with Crippen molar-refractivity contribution in [3.8, 4) is 0 Å². The molecular weight excluding hydrogens is 266 g/mol. The number of rotatable bonds is 3. The molecule has 2 aromatic carbocycles. The minimum Gasteiger partial charge on any atom is -0.481 e. The Morgan fingerprint density at radius 3 is 2.19 bits per heavy atom. The van der Waals surface area contributed by atoms with Crippen molar-refractivity contribution in [2.24, 2.45) is 5.92 Å². The van der Waals surface area contributed by atoms with Crippen LogP contribution < -0.4 is 5.06 Å². The van der Waals surface area contributed by atoms with E-state index in [2.05, 4.69) is 0 Å². The lowest BCUT2D eigenvalue weighted by molar-refractivity contribution is -0.143. The van der Waals surface area contributed by atoms with E-state index in [4.69, 9.17) is 4.84 Å². The standard InChI is InChI=1S/C17H17NO3/c1-12-15(17(19)20)16(13-8-4-2-5-9-13)18(21-12)14-10-6-3-7-11-14/h2-12,15-16H,1H3,(H,19,20)/t12-,15-,16+/m0/s1. The van der Waals surface area contributed by atoms with Gasteiger partial charge in [0.25, 0.3) is 0 Å². The van der Waals surface area contributed by atoms with Crippen LogP contribution in [0, 0.1) is 5.92 Å². The average molecular weight is 283 g/mol. The molecule has 0 aromatic heterocycles. The molecule has 3 rings (SSSR count). The molecule has 0 spiro atoms. The molecule has 1 fully saturated rings. The van der Waals surface area contributed by atoms with Crippen molar-refractivity contribution in [1.82, 2.24) is 0 Å². The van der Waals surface area contributed by atoms with Gasteiger partial charge in [-0.25, -0.2) is 5.06 Å². The lowest BCUT2D eigenvalue weighted by atomic mass is 9.90. The largest absolute Gasteiger partial charge is 0.481 e. The molecule has 2 aromatic rings. The second-order valence-electron chi connectivity index (χ2n) is 5.19. The minimum absolute atomic E-state index is 0.332. The van der Waals surface area contributed by atoms with Gasteiger partial charge in [-0.15, -0.1) is 0 Å². The lowest BCUT2D eigenvalue weighted by Crippen LogP contribution is -2.29. The molecule has 1 aliphatic heterocycles. The maximum absolute atomic E-state index is 11.7. The predicted molar refractivity (Wildman–Crippen MR) is 79.8 cm³/mol. The van der Waals surface area contributed by atoms with E-state index in [1.807, 2.05) is 60.7 Å². The fraction of sp³-hybridized carbons (Fsp3) is 0.235. The smallest absolute Gasteiger partial charge is 0.311 e. The van der Waals surface area contributed by atoms with E-state index in [1.54, 1.807) is 12.0 Å². The predicted octanol–water partition coefficient (Wildman–Crippen LogP) is 3.27. The summed E-state index contributed by atoms with van der Waals surface area (Å²) in [7, 11) is 0. The molecule has 0 aliphatic carbocycles. The summed E-state index contributed by atoms with van der Waals surface area (Å²) < 4.78 is 0. The maximum atomic E-state index is 11.7. The second kappa shape index (κ2) is 5.58. The number of aliphatic carboxylic acids is 1. The fourth-order valence-corrected chi connectivity index (χ4v) is 2.84. The Hall–Kier alpha value is -2.33. The summed E-state index contributed by atoms with van der Waals surface area (Å²) in [5.41, 5.74) is 1.81. The van der Waals surface area contributed by atoms with Crippen LogP contribution in [0.15, 0.2) is 60.7 Å². The van der Waals surface area contributed by atoms with Crippen molar-refractivity contribution >= 4 is 11.7 Å². The van der Waals surface area contributed by atoms with Gasteiger partial charge in [0.15, 0.2) is 0 Å². The highest BCUT2D eigenvalue weighted by Gasteiger charge is 2.46. The third-order valence-electron chi connectivity index (χ3n) is 3.82. The van der Waals surface area contributed by atoms with E-state index >= 15 is 0 Å². The van der Waals surface area contributed by atoms with Gasteiger partial charge in [-0.1, -0.05) is 48.5 Å². The second-order valence-corrected chi connectivity index (χ2v) is 5.19. The Bertz CT molecular complexity index is 614. The van der Waals surface area contributed by atoms with E-state index in [-0.39, 0.29) is 12.1 Å². The normalized spacial score (nSPS) is 25.0. The molecule has 4 nitrogen and oxygen atoms in total.